The highest BCUT2D eigenvalue weighted by Gasteiger charge is 2.13. The van der Waals surface area contributed by atoms with Gasteiger partial charge in [-0.05, 0) is 32.6 Å². The highest BCUT2D eigenvalue weighted by atomic mass is 35.5. The summed E-state index contributed by atoms with van der Waals surface area (Å²) in [6.07, 6.45) is 3.72. The third-order valence-electron chi connectivity index (χ3n) is 4.41. The number of hydrogen-bond acceptors (Lipinski definition) is 4. The van der Waals surface area contributed by atoms with Gasteiger partial charge in [0.15, 0.2) is 0 Å². The Kier molecular flexibility index (Phi) is 8.67. The summed E-state index contributed by atoms with van der Waals surface area (Å²) in [4.78, 5) is 31.7. The predicted octanol–water partition coefficient (Wildman–Crippen LogP) is 2.97. The molecule has 152 valence electrons. The first kappa shape index (κ1) is 22.1. The number of nitrogens with one attached hydrogen (secondary N) is 1. The lowest BCUT2D eigenvalue weighted by Gasteiger charge is -2.15. The van der Waals surface area contributed by atoms with Crippen LogP contribution >= 0.6 is 11.6 Å². The van der Waals surface area contributed by atoms with Crippen LogP contribution in [0.4, 0.5) is 0 Å². The van der Waals surface area contributed by atoms with Gasteiger partial charge in [-0.3, -0.25) is 14.2 Å². The molecule has 0 atom stereocenters. The molecule has 0 spiro atoms. The molecule has 0 radical (unpaired) electrons. The molecule has 1 aromatic carbocycles. The Morgan fingerprint density at radius 3 is 2.57 bits per heavy atom. The average Bonchev–Trinajstić information content (AvgIpc) is 2.64. The second-order valence-electron chi connectivity index (χ2n) is 7.10. The summed E-state index contributed by atoms with van der Waals surface area (Å²) in [5.74, 6) is 0.468. The van der Waals surface area contributed by atoms with Crippen LogP contribution in [0.25, 0.3) is 11.3 Å². The number of carbonyl (C=O) groups is 1. The second-order valence-corrected chi connectivity index (χ2v) is 7.54. The molecule has 0 saturated carbocycles. The van der Waals surface area contributed by atoms with Gasteiger partial charge < -0.3 is 10.2 Å². The Morgan fingerprint density at radius 2 is 1.93 bits per heavy atom. The van der Waals surface area contributed by atoms with E-state index in [0.29, 0.717) is 29.5 Å². The van der Waals surface area contributed by atoms with E-state index in [1.54, 1.807) is 12.1 Å². The van der Waals surface area contributed by atoms with E-state index in [9.17, 15) is 9.59 Å². The molecule has 1 amide bonds. The number of aromatic nitrogens is 2. The van der Waals surface area contributed by atoms with Gasteiger partial charge in [-0.1, -0.05) is 43.5 Å². The molecule has 0 aliphatic carbocycles. The van der Waals surface area contributed by atoms with Crippen molar-refractivity contribution in [1.82, 2.24) is 19.8 Å². The molecule has 0 saturated heterocycles. The fraction of sp³-hybridized carbons (Fsp3) is 0.476. The van der Waals surface area contributed by atoms with Crippen molar-refractivity contribution in [2.24, 2.45) is 0 Å². The standard InChI is InChI=1S/C21H29ClN4O2/c1-4-5-6-7-19-24-18(16-8-10-17(22)11-9-16)14-21(28)26(19)15-20(27)23-12-13-25(2)3/h8-11,14H,4-7,12-13,15H2,1-3H3,(H,23,27). The lowest BCUT2D eigenvalue weighted by Crippen LogP contribution is -2.37. The van der Waals surface area contributed by atoms with Crippen molar-refractivity contribution in [3.05, 3.63) is 51.5 Å². The number of hydrogen-bond donors (Lipinski definition) is 1. The molecule has 28 heavy (non-hydrogen) atoms. The zero-order valence-corrected chi connectivity index (χ0v) is 17.6. The molecule has 6 nitrogen and oxygen atoms in total. The largest absolute Gasteiger partial charge is 0.353 e. The first-order valence-electron chi connectivity index (χ1n) is 9.69. The first-order chi connectivity index (χ1) is 13.4. The molecular formula is C21H29ClN4O2. The van der Waals surface area contributed by atoms with Crippen LogP contribution in [0.15, 0.2) is 35.1 Å². The fourth-order valence-corrected chi connectivity index (χ4v) is 2.96. The van der Waals surface area contributed by atoms with E-state index >= 15 is 0 Å². The topological polar surface area (TPSA) is 67.2 Å². The van der Waals surface area contributed by atoms with Crippen molar-refractivity contribution in [2.75, 3.05) is 27.2 Å². The minimum Gasteiger partial charge on any atom is -0.353 e. The third-order valence-corrected chi connectivity index (χ3v) is 4.67. The zero-order valence-electron chi connectivity index (χ0n) is 16.9. The zero-order chi connectivity index (χ0) is 20.5. The quantitative estimate of drug-likeness (QED) is 0.618. The SMILES string of the molecule is CCCCCc1nc(-c2ccc(Cl)cc2)cc(=O)n1CC(=O)NCCN(C)C. The Bertz CT molecular complexity index is 831. The number of likely N-dealkylation sites (N-methyl/N-ethyl adjacent to an activating group) is 1. The van der Waals surface area contributed by atoms with Gasteiger partial charge in [0.2, 0.25) is 5.91 Å². The van der Waals surface area contributed by atoms with Crippen LogP contribution in [-0.4, -0.2) is 47.5 Å². The molecule has 0 unspecified atom stereocenters. The van der Waals surface area contributed by atoms with E-state index in [0.717, 1.165) is 31.4 Å². The minimum atomic E-state index is -0.214. The third kappa shape index (κ3) is 6.77. The van der Waals surface area contributed by atoms with Crippen molar-refractivity contribution in [3.8, 4) is 11.3 Å². The maximum atomic E-state index is 12.8. The predicted molar refractivity (Wildman–Crippen MR) is 114 cm³/mol. The lowest BCUT2D eigenvalue weighted by molar-refractivity contribution is -0.121. The van der Waals surface area contributed by atoms with Crippen molar-refractivity contribution < 1.29 is 4.79 Å². The number of benzene rings is 1. The van der Waals surface area contributed by atoms with Gasteiger partial charge in [0.1, 0.15) is 12.4 Å². The number of unbranched alkanes of at least 4 members (excludes halogenated alkanes) is 2. The van der Waals surface area contributed by atoms with Gasteiger partial charge in [-0.25, -0.2) is 4.98 Å². The molecule has 0 aliphatic heterocycles. The van der Waals surface area contributed by atoms with Crippen LogP contribution in [0.3, 0.4) is 0 Å². The maximum absolute atomic E-state index is 12.8. The molecular weight excluding hydrogens is 376 g/mol. The van der Waals surface area contributed by atoms with Crippen LogP contribution in [0.1, 0.15) is 32.0 Å². The molecule has 0 bridgehead atoms. The van der Waals surface area contributed by atoms with E-state index in [1.165, 1.54) is 10.6 Å². The van der Waals surface area contributed by atoms with Crippen molar-refractivity contribution in [3.63, 3.8) is 0 Å². The number of rotatable bonds is 10. The van der Waals surface area contributed by atoms with Crippen LogP contribution in [0.5, 0.6) is 0 Å². The molecule has 2 rings (SSSR count). The summed E-state index contributed by atoms with van der Waals surface area (Å²) in [6.45, 7) is 3.41. The summed E-state index contributed by atoms with van der Waals surface area (Å²) in [5.41, 5.74) is 1.23. The van der Waals surface area contributed by atoms with Gasteiger partial charge in [-0.15, -0.1) is 0 Å². The average molecular weight is 405 g/mol. The summed E-state index contributed by atoms with van der Waals surface area (Å²) < 4.78 is 1.49. The summed E-state index contributed by atoms with van der Waals surface area (Å²) >= 11 is 5.96. The fourth-order valence-electron chi connectivity index (χ4n) is 2.83. The first-order valence-corrected chi connectivity index (χ1v) is 10.1. The number of aryl methyl sites for hydroxylation is 1. The highest BCUT2D eigenvalue weighted by molar-refractivity contribution is 6.30. The monoisotopic (exact) mass is 404 g/mol. The van der Waals surface area contributed by atoms with Crippen molar-refractivity contribution in [1.29, 1.82) is 0 Å². The number of carbonyl (C=O) groups excluding carboxylic acids is 1. The van der Waals surface area contributed by atoms with Gasteiger partial charge >= 0.3 is 0 Å². The Labute approximate surface area is 171 Å². The van der Waals surface area contributed by atoms with Crippen LogP contribution in [0.2, 0.25) is 5.02 Å². The van der Waals surface area contributed by atoms with Gasteiger partial charge in [0, 0.05) is 36.2 Å². The van der Waals surface area contributed by atoms with E-state index in [4.69, 9.17) is 16.6 Å². The van der Waals surface area contributed by atoms with Crippen molar-refractivity contribution >= 4 is 17.5 Å². The molecule has 1 heterocycles. The molecule has 1 N–H and O–H groups in total. The van der Waals surface area contributed by atoms with E-state index < -0.39 is 0 Å². The van der Waals surface area contributed by atoms with E-state index in [2.05, 4.69) is 12.2 Å². The van der Waals surface area contributed by atoms with Crippen LogP contribution in [0, 0.1) is 0 Å². The summed E-state index contributed by atoms with van der Waals surface area (Å²) in [7, 11) is 3.89. The minimum absolute atomic E-state index is 0.0123. The summed E-state index contributed by atoms with van der Waals surface area (Å²) in [5, 5.41) is 3.49. The van der Waals surface area contributed by atoms with Gasteiger partial charge in [0.05, 0.1) is 5.69 Å². The summed E-state index contributed by atoms with van der Waals surface area (Å²) in [6, 6.07) is 8.73. The van der Waals surface area contributed by atoms with E-state index in [-0.39, 0.29) is 18.0 Å². The lowest BCUT2D eigenvalue weighted by atomic mass is 10.1. The number of amides is 1. The maximum Gasteiger partial charge on any atom is 0.254 e. The second kappa shape index (κ2) is 11.0. The smallest absolute Gasteiger partial charge is 0.254 e. The molecule has 1 aromatic heterocycles. The normalized spacial score (nSPS) is 11.0. The van der Waals surface area contributed by atoms with Gasteiger partial charge in [-0.2, -0.15) is 0 Å². The van der Waals surface area contributed by atoms with Crippen LogP contribution in [-0.2, 0) is 17.8 Å². The Hall–Kier alpha value is -2.18. The Balaban J connectivity index is 2.25. The number of halogens is 1. The van der Waals surface area contributed by atoms with Crippen molar-refractivity contribution in [2.45, 2.75) is 39.2 Å². The molecule has 2 aromatic rings. The van der Waals surface area contributed by atoms with E-state index in [1.807, 2.05) is 31.1 Å². The Morgan fingerprint density at radius 1 is 1.21 bits per heavy atom. The molecule has 0 fully saturated rings. The molecule has 7 heteroatoms. The van der Waals surface area contributed by atoms with Gasteiger partial charge in [0.25, 0.3) is 5.56 Å². The highest BCUT2D eigenvalue weighted by Crippen LogP contribution is 2.19. The van der Waals surface area contributed by atoms with Crippen LogP contribution < -0.4 is 10.9 Å². The molecule has 0 aliphatic rings. The number of nitrogens with zero attached hydrogens (tertiary/aromatic N) is 3.